The van der Waals surface area contributed by atoms with Gasteiger partial charge in [-0.15, -0.1) is 0 Å². The summed E-state index contributed by atoms with van der Waals surface area (Å²) in [7, 11) is 0. The molecule has 4 aliphatic heterocycles. The first kappa shape index (κ1) is 36.3. The van der Waals surface area contributed by atoms with Gasteiger partial charge in [-0.3, -0.25) is 0 Å². The molecule has 11 heteroatoms. The highest BCUT2D eigenvalue weighted by molar-refractivity contribution is 5.27. The summed E-state index contributed by atoms with van der Waals surface area (Å²) in [5, 5.41) is 63.6. The predicted octanol–water partition coefficient (Wildman–Crippen LogP) is 2.66. The zero-order valence-corrected chi connectivity index (χ0v) is 30.5. The Morgan fingerprint density at radius 2 is 1.64 bits per heavy atom. The fourth-order valence-corrected chi connectivity index (χ4v) is 12.9. The minimum atomic E-state index is -1.56. The van der Waals surface area contributed by atoms with Gasteiger partial charge in [0, 0.05) is 12.3 Å². The van der Waals surface area contributed by atoms with Crippen molar-refractivity contribution in [2.24, 2.45) is 52.3 Å². The maximum Gasteiger partial charge on any atom is 0.187 e. The van der Waals surface area contributed by atoms with Crippen molar-refractivity contribution >= 4 is 0 Å². The van der Waals surface area contributed by atoms with Crippen molar-refractivity contribution < 1.29 is 54.3 Å². The minimum absolute atomic E-state index is 0.0483. The molecular formula is C39H62O11. The lowest BCUT2D eigenvalue weighted by atomic mass is 9.46. The first-order chi connectivity index (χ1) is 23.7. The number of hydrogen-bond donors (Lipinski definition) is 6. The van der Waals surface area contributed by atoms with Crippen LogP contribution in [0.1, 0.15) is 92.4 Å². The van der Waals surface area contributed by atoms with Crippen LogP contribution < -0.4 is 0 Å². The molecule has 7 fully saturated rings. The lowest BCUT2D eigenvalue weighted by Crippen LogP contribution is -2.65. The van der Waals surface area contributed by atoms with E-state index in [1.54, 1.807) is 6.92 Å². The number of aliphatic hydroxyl groups is 6. The molecule has 11 nitrogen and oxygen atoms in total. The van der Waals surface area contributed by atoms with E-state index in [1.807, 2.05) is 0 Å². The summed E-state index contributed by atoms with van der Waals surface area (Å²) in [6.07, 6.45) is -0.0473. The summed E-state index contributed by atoms with van der Waals surface area (Å²) in [6.45, 7) is 11.6. The van der Waals surface area contributed by atoms with E-state index in [9.17, 15) is 30.6 Å². The molecule has 0 aromatic carbocycles. The highest BCUT2D eigenvalue weighted by Crippen LogP contribution is 2.71. The van der Waals surface area contributed by atoms with Crippen molar-refractivity contribution in [1.29, 1.82) is 0 Å². The molecule has 0 amide bonds. The van der Waals surface area contributed by atoms with Crippen LogP contribution in [0.25, 0.3) is 0 Å². The molecule has 3 saturated carbocycles. The Morgan fingerprint density at radius 1 is 0.860 bits per heavy atom. The molecule has 8 aliphatic rings. The summed E-state index contributed by atoms with van der Waals surface area (Å²) in [5.74, 6) is 2.84. The van der Waals surface area contributed by atoms with Gasteiger partial charge in [0.15, 0.2) is 12.1 Å². The number of allylic oxidation sites excluding steroid dienone is 2. The van der Waals surface area contributed by atoms with E-state index in [2.05, 4.69) is 33.8 Å². The molecule has 4 saturated heterocycles. The molecule has 0 aromatic rings. The standard InChI is InChI=1S/C39H62O11/c1-18-8-13-39(46-17-18)19(2)28-26(50-39)15-25-23-7-6-22-14-21(9-11-37(22,4)24(23)10-12-38(25,28)5)34-35(32(44)30(42)27(16-40)48-34)49-36-33(45)31(43)29(41)20(3)47-36/h6,18-21,23-36,40-45H,7-17H2,1-5H3/t18?,19-,20-,21-,23+,24-,25-,26-,27+,28-,29-,30+,31+,32-,33+,34-,35+,36-,37-,38-,39+/m0/s1. The summed E-state index contributed by atoms with van der Waals surface area (Å²) in [5.41, 5.74) is 1.71. The van der Waals surface area contributed by atoms with Gasteiger partial charge < -0.3 is 54.3 Å². The minimum Gasteiger partial charge on any atom is -0.394 e. The molecule has 4 aliphatic carbocycles. The smallest absolute Gasteiger partial charge is 0.187 e. The third kappa shape index (κ3) is 5.38. The number of rotatable bonds is 4. The molecule has 4 heterocycles. The average Bonchev–Trinajstić information content (AvgIpc) is 3.55. The maximum absolute atomic E-state index is 11.3. The van der Waals surface area contributed by atoms with E-state index in [4.69, 9.17) is 23.7 Å². The van der Waals surface area contributed by atoms with Gasteiger partial charge in [0.25, 0.3) is 0 Å². The normalized spacial score (nSPS) is 59.3. The topological polar surface area (TPSA) is 168 Å². The summed E-state index contributed by atoms with van der Waals surface area (Å²) < 4.78 is 31.7. The second-order valence-electron chi connectivity index (χ2n) is 18.4. The molecule has 284 valence electrons. The van der Waals surface area contributed by atoms with E-state index in [-0.39, 0.29) is 22.9 Å². The van der Waals surface area contributed by atoms with Crippen molar-refractivity contribution in [1.82, 2.24) is 0 Å². The lowest BCUT2D eigenvalue weighted by molar-refractivity contribution is -0.341. The molecule has 0 radical (unpaired) electrons. The Hall–Kier alpha value is -0.700. The van der Waals surface area contributed by atoms with Gasteiger partial charge in [0.1, 0.15) is 42.7 Å². The van der Waals surface area contributed by atoms with Crippen LogP contribution in [0.3, 0.4) is 0 Å². The molecule has 0 bridgehead atoms. The highest BCUT2D eigenvalue weighted by Gasteiger charge is 2.69. The van der Waals surface area contributed by atoms with Crippen LogP contribution in [0, 0.1) is 52.3 Å². The Morgan fingerprint density at radius 3 is 2.36 bits per heavy atom. The largest absolute Gasteiger partial charge is 0.394 e. The van der Waals surface area contributed by atoms with Crippen LogP contribution in [-0.2, 0) is 23.7 Å². The van der Waals surface area contributed by atoms with Crippen molar-refractivity contribution in [3.8, 4) is 0 Å². The van der Waals surface area contributed by atoms with Gasteiger partial charge in [-0.1, -0.05) is 39.3 Å². The first-order valence-corrected chi connectivity index (χ1v) is 19.7. The fraction of sp³-hybridized carbons (Fsp3) is 0.949. The molecule has 8 rings (SSSR count). The second-order valence-corrected chi connectivity index (χ2v) is 18.4. The molecule has 0 aromatic heterocycles. The molecule has 50 heavy (non-hydrogen) atoms. The Balaban J connectivity index is 1.00. The molecule has 6 N–H and O–H groups in total. The van der Waals surface area contributed by atoms with Crippen LogP contribution in [0.15, 0.2) is 11.6 Å². The average molecular weight is 707 g/mol. The molecular weight excluding hydrogens is 644 g/mol. The van der Waals surface area contributed by atoms with Gasteiger partial charge in [-0.25, -0.2) is 0 Å². The SMILES string of the molecule is CC1CC[C@@]2(OC1)O[C@H]1C[C@H]3[C@@H]4CC=C5C[C@@H]([C@@H]6O[C@H](CO)[C@@H](O)[C@H](O)[C@H]6O[C@@H]6O[C@@H](C)[C@H](O)[C@@H](O)[C@H]6O)CC[C@]5(C)[C@H]4CC[C@]3(C)[C@H]1[C@@H]2C. The van der Waals surface area contributed by atoms with Gasteiger partial charge in [0.05, 0.1) is 31.5 Å². The van der Waals surface area contributed by atoms with Gasteiger partial charge in [-0.05, 0) is 105 Å². The van der Waals surface area contributed by atoms with Crippen LogP contribution in [0.4, 0.5) is 0 Å². The van der Waals surface area contributed by atoms with Crippen LogP contribution >= 0.6 is 0 Å². The van der Waals surface area contributed by atoms with Crippen molar-refractivity contribution in [3.63, 3.8) is 0 Å². The summed E-state index contributed by atoms with van der Waals surface area (Å²) in [6, 6.07) is 0. The molecule has 21 atom stereocenters. The molecule has 1 unspecified atom stereocenters. The highest BCUT2D eigenvalue weighted by atomic mass is 16.7. The zero-order chi connectivity index (χ0) is 35.5. The summed E-state index contributed by atoms with van der Waals surface area (Å²) >= 11 is 0. The van der Waals surface area contributed by atoms with E-state index in [0.717, 1.165) is 45.1 Å². The number of fused-ring (bicyclic) bond motifs is 7. The van der Waals surface area contributed by atoms with Crippen LogP contribution in [0.2, 0.25) is 0 Å². The van der Waals surface area contributed by atoms with E-state index >= 15 is 0 Å². The fourth-order valence-electron chi connectivity index (χ4n) is 12.9. The van der Waals surface area contributed by atoms with Crippen molar-refractivity contribution in [3.05, 3.63) is 11.6 Å². The van der Waals surface area contributed by atoms with E-state index in [0.29, 0.717) is 35.5 Å². The number of aliphatic hydroxyl groups excluding tert-OH is 6. The summed E-state index contributed by atoms with van der Waals surface area (Å²) in [4.78, 5) is 0. The van der Waals surface area contributed by atoms with Crippen molar-refractivity contribution in [2.45, 2.75) is 166 Å². The third-order valence-electron chi connectivity index (χ3n) is 15.9. The Labute approximate surface area is 296 Å². The van der Waals surface area contributed by atoms with Gasteiger partial charge in [-0.2, -0.15) is 0 Å². The monoisotopic (exact) mass is 706 g/mol. The predicted molar refractivity (Wildman–Crippen MR) is 180 cm³/mol. The van der Waals surface area contributed by atoms with Crippen LogP contribution in [-0.4, -0.2) is 117 Å². The van der Waals surface area contributed by atoms with Gasteiger partial charge >= 0.3 is 0 Å². The van der Waals surface area contributed by atoms with Gasteiger partial charge in [0.2, 0.25) is 0 Å². The Kier molecular flexibility index (Phi) is 9.41. The first-order valence-electron chi connectivity index (χ1n) is 19.7. The Bertz CT molecular complexity index is 1290. The number of ether oxygens (including phenoxy) is 5. The second kappa shape index (κ2) is 13.0. The molecule has 1 spiro atoms. The van der Waals surface area contributed by atoms with Crippen LogP contribution in [0.5, 0.6) is 0 Å². The quantitative estimate of drug-likeness (QED) is 0.238. The lowest BCUT2D eigenvalue weighted by Gasteiger charge is -2.59. The van der Waals surface area contributed by atoms with E-state index < -0.39 is 73.6 Å². The third-order valence-corrected chi connectivity index (χ3v) is 15.9. The number of hydrogen-bond acceptors (Lipinski definition) is 11. The maximum atomic E-state index is 11.3. The zero-order valence-electron chi connectivity index (χ0n) is 30.5. The van der Waals surface area contributed by atoms with Crippen molar-refractivity contribution in [2.75, 3.05) is 13.2 Å². The van der Waals surface area contributed by atoms with E-state index in [1.165, 1.54) is 24.8 Å².